The van der Waals surface area contributed by atoms with Gasteiger partial charge in [-0.2, -0.15) is 0 Å². The summed E-state index contributed by atoms with van der Waals surface area (Å²) in [5, 5.41) is 7.71. The molecule has 0 radical (unpaired) electrons. The fourth-order valence-corrected chi connectivity index (χ4v) is 12.5. The zero-order valence-electron chi connectivity index (χ0n) is 21.0. The Morgan fingerprint density at radius 3 is 1.56 bits per heavy atom. The zero-order valence-corrected chi connectivity index (χ0v) is 25.9. The molecule has 6 heterocycles. The van der Waals surface area contributed by atoms with Crippen molar-refractivity contribution in [1.29, 1.82) is 0 Å². The number of fused-ring (bicyclic) bond motifs is 5. The number of hydrogen-bond donors (Lipinski definition) is 0. The summed E-state index contributed by atoms with van der Waals surface area (Å²) >= 11 is 11.9. The Kier molecular flexibility index (Phi) is 7.99. The van der Waals surface area contributed by atoms with Gasteiger partial charge in [-0.25, -0.2) is 0 Å². The second-order valence-electron chi connectivity index (χ2n) is 9.75. The maximum Gasteiger partial charge on any atom is 0.0893 e. The summed E-state index contributed by atoms with van der Waals surface area (Å²) in [6.07, 6.45) is 13.2. The molecule has 6 heteroatoms. The molecule has 0 saturated heterocycles. The van der Waals surface area contributed by atoms with Gasteiger partial charge in [0.15, 0.2) is 0 Å². The Hall–Kier alpha value is -1.02. The first-order valence-corrected chi connectivity index (χ1v) is 18.3. The zero-order chi connectivity index (χ0) is 24.5. The van der Waals surface area contributed by atoms with Crippen LogP contribution in [0.25, 0.3) is 47.7 Å². The maximum atomic E-state index is 2.47. The van der Waals surface area contributed by atoms with Crippen LogP contribution in [0.5, 0.6) is 0 Å². The van der Waals surface area contributed by atoms with Gasteiger partial charge in [0.2, 0.25) is 0 Å². The predicted octanol–water partition coefficient (Wildman–Crippen LogP) is 13.1. The molecule has 0 atom stereocenters. The molecule has 6 aromatic rings. The van der Waals surface area contributed by atoms with Crippen LogP contribution in [0.15, 0.2) is 35.0 Å². The van der Waals surface area contributed by atoms with Crippen LogP contribution in [0.3, 0.4) is 0 Å². The lowest BCUT2D eigenvalue weighted by atomic mass is 10.1. The van der Waals surface area contributed by atoms with Gasteiger partial charge in [0.1, 0.15) is 0 Å². The van der Waals surface area contributed by atoms with E-state index in [1.807, 2.05) is 68.0 Å². The van der Waals surface area contributed by atoms with Crippen molar-refractivity contribution in [2.75, 3.05) is 0 Å². The lowest BCUT2D eigenvalue weighted by Crippen LogP contribution is -1.83. The minimum Gasteiger partial charge on any atom is -0.143 e. The van der Waals surface area contributed by atoms with Crippen LogP contribution < -0.4 is 0 Å². The minimum absolute atomic E-state index is 1.21. The quantitative estimate of drug-likeness (QED) is 0.125. The lowest BCUT2D eigenvalue weighted by Gasteiger charge is -1.99. The lowest BCUT2D eigenvalue weighted by molar-refractivity contribution is 0.608. The van der Waals surface area contributed by atoms with Crippen molar-refractivity contribution in [2.24, 2.45) is 0 Å². The third-order valence-corrected chi connectivity index (χ3v) is 14.3. The van der Waals surface area contributed by atoms with Gasteiger partial charge in [-0.15, -0.1) is 68.0 Å². The number of thiophene rings is 6. The van der Waals surface area contributed by atoms with E-state index in [1.165, 1.54) is 123 Å². The van der Waals surface area contributed by atoms with Gasteiger partial charge in [0, 0.05) is 30.3 Å². The Labute approximate surface area is 238 Å². The summed E-state index contributed by atoms with van der Waals surface area (Å²) in [7, 11) is 0. The fourth-order valence-electron chi connectivity index (χ4n) is 4.85. The Morgan fingerprint density at radius 2 is 1.00 bits per heavy atom. The van der Waals surface area contributed by atoms with Crippen molar-refractivity contribution >= 4 is 96.2 Å². The van der Waals surface area contributed by atoms with Crippen LogP contribution in [0, 0.1) is 0 Å². The van der Waals surface area contributed by atoms with Crippen molar-refractivity contribution < 1.29 is 0 Å². The summed E-state index contributed by atoms with van der Waals surface area (Å²) in [6.45, 7) is 4.56. The van der Waals surface area contributed by atoms with Crippen molar-refractivity contribution in [3.8, 4) is 19.5 Å². The van der Waals surface area contributed by atoms with E-state index in [0.717, 1.165) is 0 Å². The number of hydrogen-bond acceptors (Lipinski definition) is 6. The monoisotopic (exact) mass is 584 g/mol. The standard InChI is InChI=1S/C30H32S6/c1-3-5-7-8-9-10-12-20-14-24(32-18-20)26-16-22-28-27(36-30(22)34-26)21-15-25(33-29(21)35-28)23-13-19(17-31-23)11-6-4-2/h13-18H,3-12H2,1-2H3. The third-order valence-electron chi connectivity index (χ3n) is 6.91. The predicted molar refractivity (Wildman–Crippen MR) is 173 cm³/mol. The average molecular weight is 585 g/mol. The normalized spacial score (nSPS) is 12.2. The third kappa shape index (κ3) is 5.14. The van der Waals surface area contributed by atoms with Crippen molar-refractivity contribution in [3.05, 3.63) is 46.2 Å². The molecule has 0 N–H and O–H groups in total. The summed E-state index contributed by atoms with van der Waals surface area (Å²) in [5.41, 5.74) is 3.04. The maximum absolute atomic E-state index is 2.47. The van der Waals surface area contributed by atoms with Crippen LogP contribution in [-0.2, 0) is 12.8 Å². The summed E-state index contributed by atoms with van der Waals surface area (Å²) < 4.78 is 5.98. The molecule has 6 aromatic heterocycles. The van der Waals surface area contributed by atoms with E-state index in [2.05, 4.69) is 48.9 Å². The molecule has 0 aliphatic carbocycles. The highest BCUT2D eigenvalue weighted by Gasteiger charge is 2.19. The molecule has 6 rings (SSSR count). The van der Waals surface area contributed by atoms with Crippen LogP contribution >= 0.6 is 68.0 Å². The Morgan fingerprint density at radius 1 is 0.500 bits per heavy atom. The molecule has 0 aliphatic heterocycles. The van der Waals surface area contributed by atoms with Crippen LogP contribution in [0.4, 0.5) is 0 Å². The van der Waals surface area contributed by atoms with Gasteiger partial charge in [-0.3, -0.25) is 0 Å². The van der Waals surface area contributed by atoms with Crippen molar-refractivity contribution in [2.45, 2.75) is 78.1 Å². The van der Waals surface area contributed by atoms with Crippen LogP contribution in [0.2, 0.25) is 0 Å². The molecule has 0 unspecified atom stereocenters. The van der Waals surface area contributed by atoms with Gasteiger partial charge in [0.05, 0.1) is 17.4 Å². The van der Waals surface area contributed by atoms with E-state index in [1.54, 1.807) is 0 Å². The molecule has 36 heavy (non-hydrogen) atoms. The molecule has 0 spiro atoms. The van der Waals surface area contributed by atoms with Crippen molar-refractivity contribution in [1.82, 2.24) is 0 Å². The largest absolute Gasteiger partial charge is 0.143 e. The molecular weight excluding hydrogens is 553 g/mol. The van der Waals surface area contributed by atoms with Gasteiger partial charge >= 0.3 is 0 Å². The second kappa shape index (κ2) is 11.4. The van der Waals surface area contributed by atoms with E-state index in [4.69, 9.17) is 0 Å². The second-order valence-corrected chi connectivity index (χ2v) is 16.2. The van der Waals surface area contributed by atoms with Gasteiger partial charge in [-0.05, 0) is 71.8 Å². The molecule has 0 aliphatic rings. The molecule has 0 nitrogen and oxygen atoms in total. The Balaban J connectivity index is 1.19. The molecule has 0 bridgehead atoms. The molecular formula is C30H32S6. The summed E-state index contributed by atoms with van der Waals surface area (Å²) in [6, 6.07) is 9.81. The topological polar surface area (TPSA) is 0 Å². The highest BCUT2D eigenvalue weighted by atomic mass is 32.2. The SMILES string of the molecule is CCCCCCCCc1csc(-c2cc3c(s2)sc2c4cc(-c5cc(CCCC)cs5)sc4sc32)c1. The van der Waals surface area contributed by atoms with E-state index in [9.17, 15) is 0 Å². The van der Waals surface area contributed by atoms with Crippen LogP contribution in [0.1, 0.15) is 76.3 Å². The smallest absolute Gasteiger partial charge is 0.0893 e. The molecule has 0 fully saturated rings. The van der Waals surface area contributed by atoms with E-state index >= 15 is 0 Å². The molecule has 0 amide bonds. The first-order chi connectivity index (χ1) is 17.7. The minimum atomic E-state index is 1.21. The summed E-state index contributed by atoms with van der Waals surface area (Å²) in [4.78, 5) is 5.79. The number of unbranched alkanes of at least 4 members (excludes halogenated alkanes) is 6. The van der Waals surface area contributed by atoms with Crippen molar-refractivity contribution in [3.63, 3.8) is 0 Å². The summed E-state index contributed by atoms with van der Waals surface area (Å²) in [5.74, 6) is 0. The van der Waals surface area contributed by atoms with Gasteiger partial charge in [0.25, 0.3) is 0 Å². The Bertz CT molecular complexity index is 1580. The van der Waals surface area contributed by atoms with E-state index in [-0.39, 0.29) is 0 Å². The fraction of sp³-hybridized carbons (Fsp3) is 0.400. The highest BCUT2D eigenvalue weighted by molar-refractivity contribution is 7.50. The van der Waals surface area contributed by atoms with Crippen LogP contribution in [-0.4, -0.2) is 0 Å². The molecule has 0 saturated carbocycles. The molecule has 0 aromatic carbocycles. The van der Waals surface area contributed by atoms with Gasteiger partial charge in [-0.1, -0.05) is 52.4 Å². The first kappa shape index (κ1) is 25.3. The highest BCUT2D eigenvalue weighted by Crippen LogP contribution is 2.52. The molecule has 188 valence electrons. The first-order valence-electron chi connectivity index (χ1n) is 13.3. The number of aryl methyl sites for hydroxylation is 2. The number of rotatable bonds is 12. The van der Waals surface area contributed by atoms with Gasteiger partial charge < -0.3 is 0 Å². The van der Waals surface area contributed by atoms with E-state index < -0.39 is 0 Å². The average Bonchev–Trinajstić information content (AvgIpc) is 3.68. The van der Waals surface area contributed by atoms with E-state index in [0.29, 0.717) is 0 Å².